The van der Waals surface area contributed by atoms with E-state index in [2.05, 4.69) is 22.5 Å². The van der Waals surface area contributed by atoms with Crippen LogP contribution in [-0.2, 0) is 0 Å². The Morgan fingerprint density at radius 3 is 3.12 bits per heavy atom. The minimum atomic E-state index is 0.000327. The van der Waals surface area contributed by atoms with Crippen molar-refractivity contribution in [3.63, 3.8) is 0 Å². The molecule has 0 bridgehead atoms. The second-order valence-corrected chi connectivity index (χ2v) is 4.54. The van der Waals surface area contributed by atoms with Crippen LogP contribution in [0.1, 0.15) is 36.5 Å². The molecule has 1 aromatic rings. The molecule has 0 radical (unpaired) electrons. The maximum Gasteiger partial charge on any atom is 0.253 e. The molecule has 1 aliphatic carbocycles. The van der Waals surface area contributed by atoms with Crippen molar-refractivity contribution in [2.75, 3.05) is 12.4 Å². The molecule has 0 aromatic carbocycles. The van der Waals surface area contributed by atoms with Gasteiger partial charge in [0.15, 0.2) is 0 Å². The fraction of sp³-hybridized carbons (Fsp3) is 0.538. The molecule has 1 aliphatic rings. The van der Waals surface area contributed by atoms with Crippen LogP contribution in [0.5, 0.6) is 0 Å². The van der Waals surface area contributed by atoms with Crippen LogP contribution in [0.2, 0.25) is 0 Å². The Morgan fingerprint density at radius 2 is 2.41 bits per heavy atom. The van der Waals surface area contributed by atoms with E-state index in [1.807, 2.05) is 0 Å². The van der Waals surface area contributed by atoms with E-state index in [1.54, 1.807) is 25.5 Å². The number of anilines is 1. The largest absolute Gasteiger partial charge is 0.386 e. The molecular formula is C13H19N3O. The van der Waals surface area contributed by atoms with Gasteiger partial charge in [-0.3, -0.25) is 9.78 Å². The maximum atomic E-state index is 12.0. The fourth-order valence-electron chi connectivity index (χ4n) is 2.15. The van der Waals surface area contributed by atoms with E-state index in [9.17, 15) is 4.79 Å². The molecule has 1 saturated carbocycles. The topological polar surface area (TPSA) is 54.0 Å². The lowest BCUT2D eigenvalue weighted by Gasteiger charge is -2.08. The molecule has 2 unspecified atom stereocenters. The van der Waals surface area contributed by atoms with E-state index in [-0.39, 0.29) is 5.91 Å². The fourth-order valence-corrected chi connectivity index (χ4v) is 2.15. The molecule has 1 amide bonds. The number of nitrogens with zero attached hydrogens (tertiary/aromatic N) is 1. The number of carbonyl (C=O) groups is 1. The van der Waals surface area contributed by atoms with Crippen LogP contribution in [0.25, 0.3) is 0 Å². The van der Waals surface area contributed by atoms with Crippen molar-refractivity contribution in [2.45, 2.75) is 32.2 Å². The number of pyridine rings is 1. The minimum Gasteiger partial charge on any atom is -0.386 e. The summed E-state index contributed by atoms with van der Waals surface area (Å²) in [6.07, 6.45) is 6.84. The van der Waals surface area contributed by atoms with Gasteiger partial charge in [0.05, 0.1) is 17.4 Å². The van der Waals surface area contributed by atoms with Gasteiger partial charge in [0.1, 0.15) is 0 Å². The van der Waals surface area contributed by atoms with Gasteiger partial charge in [0, 0.05) is 19.3 Å². The molecule has 1 aromatic heterocycles. The molecule has 2 rings (SSSR count). The average Bonchev–Trinajstić information content (AvgIpc) is 3.07. The standard InChI is InChI=1S/C13H19N3O/c1-3-4-9-7-11(9)16-13(17)10-5-6-15-8-12(10)14-2/h5-6,8-9,11,14H,3-4,7H2,1-2H3,(H,16,17). The van der Waals surface area contributed by atoms with Crippen molar-refractivity contribution in [3.05, 3.63) is 24.0 Å². The summed E-state index contributed by atoms with van der Waals surface area (Å²) in [4.78, 5) is 16.0. The molecule has 17 heavy (non-hydrogen) atoms. The number of hydrogen-bond donors (Lipinski definition) is 2. The molecule has 2 atom stereocenters. The van der Waals surface area contributed by atoms with Gasteiger partial charge in [-0.15, -0.1) is 0 Å². The Bertz CT molecular complexity index is 405. The molecule has 92 valence electrons. The predicted octanol–water partition coefficient (Wildman–Crippen LogP) is 2.04. The normalized spacial score (nSPS) is 22.0. The number of rotatable bonds is 5. The molecular weight excluding hydrogens is 214 g/mol. The average molecular weight is 233 g/mol. The Kier molecular flexibility index (Phi) is 3.61. The van der Waals surface area contributed by atoms with Gasteiger partial charge in [-0.2, -0.15) is 0 Å². The number of amides is 1. The zero-order chi connectivity index (χ0) is 12.3. The van der Waals surface area contributed by atoms with Gasteiger partial charge < -0.3 is 10.6 Å². The first-order valence-electron chi connectivity index (χ1n) is 6.19. The Hall–Kier alpha value is -1.58. The highest BCUT2D eigenvalue weighted by molar-refractivity contribution is 5.99. The van der Waals surface area contributed by atoms with Gasteiger partial charge in [-0.1, -0.05) is 13.3 Å². The quantitative estimate of drug-likeness (QED) is 0.818. The molecule has 0 saturated heterocycles. The molecule has 1 fully saturated rings. The van der Waals surface area contributed by atoms with Crippen LogP contribution in [0.3, 0.4) is 0 Å². The second-order valence-electron chi connectivity index (χ2n) is 4.54. The maximum absolute atomic E-state index is 12.0. The van der Waals surface area contributed by atoms with Crippen LogP contribution in [0, 0.1) is 5.92 Å². The summed E-state index contributed by atoms with van der Waals surface area (Å²) in [7, 11) is 1.80. The van der Waals surface area contributed by atoms with E-state index in [0.29, 0.717) is 17.5 Å². The third-order valence-corrected chi connectivity index (χ3v) is 3.23. The van der Waals surface area contributed by atoms with E-state index >= 15 is 0 Å². The summed E-state index contributed by atoms with van der Waals surface area (Å²) >= 11 is 0. The summed E-state index contributed by atoms with van der Waals surface area (Å²) in [6.45, 7) is 2.18. The molecule has 0 spiro atoms. The van der Waals surface area contributed by atoms with Crippen molar-refractivity contribution in [2.24, 2.45) is 5.92 Å². The zero-order valence-electron chi connectivity index (χ0n) is 10.4. The Morgan fingerprint density at radius 1 is 1.59 bits per heavy atom. The van der Waals surface area contributed by atoms with Gasteiger partial charge in [-0.05, 0) is 24.8 Å². The third kappa shape index (κ3) is 2.75. The van der Waals surface area contributed by atoms with Gasteiger partial charge in [0.2, 0.25) is 0 Å². The first-order chi connectivity index (χ1) is 8.26. The van der Waals surface area contributed by atoms with Crippen molar-refractivity contribution < 1.29 is 4.79 Å². The highest BCUT2D eigenvalue weighted by Crippen LogP contribution is 2.34. The smallest absolute Gasteiger partial charge is 0.253 e. The van der Waals surface area contributed by atoms with Crippen LogP contribution in [-0.4, -0.2) is 24.0 Å². The molecule has 0 aliphatic heterocycles. The zero-order valence-corrected chi connectivity index (χ0v) is 10.4. The van der Waals surface area contributed by atoms with Gasteiger partial charge in [0.25, 0.3) is 5.91 Å². The van der Waals surface area contributed by atoms with Crippen molar-refractivity contribution in [3.8, 4) is 0 Å². The summed E-state index contributed by atoms with van der Waals surface area (Å²) < 4.78 is 0. The number of nitrogens with one attached hydrogen (secondary N) is 2. The van der Waals surface area contributed by atoms with Crippen LogP contribution < -0.4 is 10.6 Å². The Balaban J connectivity index is 1.96. The number of carbonyl (C=O) groups excluding carboxylic acids is 1. The van der Waals surface area contributed by atoms with E-state index in [0.717, 1.165) is 12.1 Å². The van der Waals surface area contributed by atoms with Crippen LogP contribution >= 0.6 is 0 Å². The molecule has 1 heterocycles. The Labute approximate surface area is 102 Å². The van der Waals surface area contributed by atoms with Gasteiger partial charge >= 0.3 is 0 Å². The SMILES string of the molecule is CCCC1CC1NC(=O)c1ccncc1NC. The van der Waals surface area contributed by atoms with E-state index in [4.69, 9.17) is 0 Å². The monoisotopic (exact) mass is 233 g/mol. The van der Waals surface area contributed by atoms with Crippen molar-refractivity contribution in [1.29, 1.82) is 0 Å². The summed E-state index contributed by atoms with van der Waals surface area (Å²) in [5.41, 5.74) is 1.45. The van der Waals surface area contributed by atoms with Crippen molar-refractivity contribution >= 4 is 11.6 Å². The van der Waals surface area contributed by atoms with Crippen molar-refractivity contribution in [1.82, 2.24) is 10.3 Å². The number of aromatic nitrogens is 1. The van der Waals surface area contributed by atoms with E-state index < -0.39 is 0 Å². The predicted molar refractivity (Wildman–Crippen MR) is 68.1 cm³/mol. The highest BCUT2D eigenvalue weighted by Gasteiger charge is 2.37. The lowest BCUT2D eigenvalue weighted by molar-refractivity contribution is 0.0949. The highest BCUT2D eigenvalue weighted by atomic mass is 16.1. The molecule has 4 nitrogen and oxygen atoms in total. The van der Waals surface area contributed by atoms with Crippen LogP contribution in [0.4, 0.5) is 5.69 Å². The first kappa shape index (κ1) is 11.9. The van der Waals surface area contributed by atoms with Gasteiger partial charge in [-0.25, -0.2) is 0 Å². The lowest BCUT2D eigenvalue weighted by atomic mass is 10.2. The summed E-state index contributed by atoms with van der Waals surface area (Å²) in [5, 5.41) is 6.06. The molecule has 2 N–H and O–H groups in total. The summed E-state index contributed by atoms with van der Waals surface area (Å²) in [5.74, 6) is 0.684. The minimum absolute atomic E-state index is 0.000327. The lowest BCUT2D eigenvalue weighted by Crippen LogP contribution is -2.27. The first-order valence-corrected chi connectivity index (χ1v) is 6.19. The second kappa shape index (κ2) is 5.17. The van der Waals surface area contributed by atoms with Crippen LogP contribution in [0.15, 0.2) is 18.5 Å². The third-order valence-electron chi connectivity index (χ3n) is 3.23. The number of hydrogen-bond acceptors (Lipinski definition) is 3. The van der Waals surface area contributed by atoms with E-state index in [1.165, 1.54) is 12.8 Å². The summed E-state index contributed by atoms with van der Waals surface area (Å²) in [6, 6.07) is 2.12. The molecule has 4 heteroatoms.